The Labute approximate surface area is 151 Å². The Balaban J connectivity index is 1.25. The molecule has 4 atom stereocenters. The molecule has 5 fully saturated rings. The third kappa shape index (κ3) is 2.80. The fraction of sp³-hybridized carbons (Fsp3) is 0.905. The van der Waals surface area contributed by atoms with E-state index in [9.17, 15) is 9.59 Å². The van der Waals surface area contributed by atoms with Gasteiger partial charge in [-0.2, -0.15) is 0 Å². The lowest BCUT2D eigenvalue weighted by atomic mass is 9.78. The van der Waals surface area contributed by atoms with Gasteiger partial charge >= 0.3 is 0 Å². The Morgan fingerprint density at radius 3 is 1.60 bits per heavy atom. The van der Waals surface area contributed by atoms with Gasteiger partial charge in [-0.05, 0) is 68.6 Å². The zero-order chi connectivity index (χ0) is 17.0. The van der Waals surface area contributed by atoms with E-state index in [1.54, 1.807) is 0 Å². The Morgan fingerprint density at radius 2 is 1.24 bits per heavy atom. The van der Waals surface area contributed by atoms with Crippen LogP contribution >= 0.6 is 0 Å². The summed E-state index contributed by atoms with van der Waals surface area (Å²) in [6.07, 6.45) is 13.3. The Morgan fingerprint density at radius 1 is 0.760 bits per heavy atom. The van der Waals surface area contributed by atoms with Crippen LogP contribution in [0.1, 0.15) is 77.0 Å². The molecule has 0 spiro atoms. The van der Waals surface area contributed by atoms with Crippen molar-refractivity contribution in [1.82, 2.24) is 9.80 Å². The van der Waals surface area contributed by atoms with Gasteiger partial charge in [0.1, 0.15) is 0 Å². The molecule has 5 rings (SSSR count). The van der Waals surface area contributed by atoms with E-state index in [0.29, 0.717) is 36.7 Å². The largest absolute Gasteiger partial charge is 0.339 e. The third-order valence-corrected chi connectivity index (χ3v) is 8.18. The van der Waals surface area contributed by atoms with E-state index in [0.717, 1.165) is 37.8 Å². The average molecular weight is 344 g/mol. The van der Waals surface area contributed by atoms with E-state index in [2.05, 4.69) is 9.80 Å². The number of rotatable bonds is 4. The van der Waals surface area contributed by atoms with Crippen molar-refractivity contribution in [3.05, 3.63) is 0 Å². The second-order valence-corrected chi connectivity index (χ2v) is 9.82. The molecule has 2 heterocycles. The van der Waals surface area contributed by atoms with Crippen LogP contribution in [0.4, 0.5) is 0 Å². The van der Waals surface area contributed by atoms with E-state index < -0.39 is 0 Å². The van der Waals surface area contributed by atoms with Gasteiger partial charge in [-0.25, -0.2) is 0 Å². The Kier molecular flexibility index (Phi) is 3.87. The number of hydrogen-bond acceptors (Lipinski definition) is 2. The van der Waals surface area contributed by atoms with E-state index in [1.807, 2.05) is 0 Å². The van der Waals surface area contributed by atoms with Crippen molar-refractivity contribution in [1.29, 1.82) is 0 Å². The van der Waals surface area contributed by atoms with Crippen LogP contribution in [-0.2, 0) is 9.59 Å². The van der Waals surface area contributed by atoms with Gasteiger partial charge in [0.2, 0.25) is 11.8 Å². The van der Waals surface area contributed by atoms with Crippen molar-refractivity contribution in [2.45, 2.75) is 89.1 Å². The molecule has 25 heavy (non-hydrogen) atoms. The minimum atomic E-state index is -0.0299. The topological polar surface area (TPSA) is 40.6 Å². The van der Waals surface area contributed by atoms with Gasteiger partial charge in [-0.1, -0.05) is 12.8 Å². The van der Waals surface area contributed by atoms with Crippen LogP contribution in [0.3, 0.4) is 0 Å². The highest BCUT2D eigenvalue weighted by atomic mass is 16.2. The first-order chi connectivity index (χ1) is 12.1. The van der Waals surface area contributed by atoms with Gasteiger partial charge in [-0.15, -0.1) is 0 Å². The summed E-state index contributed by atoms with van der Waals surface area (Å²) < 4.78 is 0. The van der Waals surface area contributed by atoms with Gasteiger partial charge in [0.25, 0.3) is 0 Å². The number of likely N-dealkylation sites (tertiary alicyclic amines) is 2. The molecule has 3 aliphatic carbocycles. The Hall–Kier alpha value is -1.06. The van der Waals surface area contributed by atoms with Gasteiger partial charge in [0.15, 0.2) is 0 Å². The van der Waals surface area contributed by atoms with Crippen molar-refractivity contribution < 1.29 is 9.59 Å². The highest BCUT2D eigenvalue weighted by Gasteiger charge is 2.46. The smallest absolute Gasteiger partial charge is 0.223 e. The van der Waals surface area contributed by atoms with E-state index in [1.165, 1.54) is 51.4 Å². The molecule has 0 radical (unpaired) electrons. The summed E-state index contributed by atoms with van der Waals surface area (Å²) in [4.78, 5) is 30.4. The highest BCUT2D eigenvalue weighted by Crippen LogP contribution is 2.47. The summed E-state index contributed by atoms with van der Waals surface area (Å²) in [5.74, 6) is 2.22. The number of carbonyl (C=O) groups is 2. The highest BCUT2D eigenvalue weighted by molar-refractivity contribution is 5.81. The number of carbonyl (C=O) groups excluding carboxylic acids is 2. The predicted octanol–water partition coefficient (Wildman–Crippen LogP) is 3.35. The van der Waals surface area contributed by atoms with E-state index in [4.69, 9.17) is 0 Å². The normalized spacial score (nSPS) is 38.1. The van der Waals surface area contributed by atoms with Crippen LogP contribution in [0, 0.1) is 17.3 Å². The lowest BCUT2D eigenvalue weighted by molar-refractivity contribution is -0.139. The molecule has 0 unspecified atom stereocenters. The molecule has 0 aromatic rings. The van der Waals surface area contributed by atoms with Crippen molar-refractivity contribution in [2.24, 2.45) is 17.3 Å². The molecule has 0 aromatic heterocycles. The number of fused-ring (bicyclic) bond motifs is 4. The molecule has 4 bridgehead atoms. The third-order valence-electron chi connectivity index (χ3n) is 8.18. The maximum Gasteiger partial charge on any atom is 0.223 e. The molecule has 138 valence electrons. The monoisotopic (exact) mass is 344 g/mol. The van der Waals surface area contributed by atoms with E-state index >= 15 is 0 Å². The molecule has 2 amide bonds. The Bertz CT molecular complexity index is 524. The summed E-state index contributed by atoms with van der Waals surface area (Å²) >= 11 is 0. The van der Waals surface area contributed by atoms with Crippen molar-refractivity contribution >= 4 is 11.8 Å². The molecular formula is C21H32N2O2. The molecule has 3 saturated carbocycles. The summed E-state index contributed by atoms with van der Waals surface area (Å²) in [6, 6.07) is 1.03. The molecule has 4 nitrogen and oxygen atoms in total. The second-order valence-electron chi connectivity index (χ2n) is 9.82. The maximum absolute atomic E-state index is 13.0. The van der Waals surface area contributed by atoms with Gasteiger partial charge < -0.3 is 9.80 Å². The molecule has 4 heteroatoms. The molecule has 0 N–H and O–H groups in total. The van der Waals surface area contributed by atoms with Crippen LogP contribution in [-0.4, -0.2) is 46.8 Å². The van der Waals surface area contributed by atoms with Crippen molar-refractivity contribution in [3.8, 4) is 0 Å². The summed E-state index contributed by atoms with van der Waals surface area (Å²) in [5, 5.41) is 0. The SMILES string of the molecule is O=C(CC1(CC(=O)N2C[C@H]3CC[C@H]2C3)CCCC1)N1C[C@H]2CC[C@H]1C2. The zero-order valence-electron chi connectivity index (χ0n) is 15.4. The second kappa shape index (κ2) is 5.99. The number of hydrogen-bond donors (Lipinski definition) is 0. The quantitative estimate of drug-likeness (QED) is 0.785. The number of piperidine rings is 2. The van der Waals surface area contributed by atoms with E-state index in [-0.39, 0.29) is 5.41 Å². The van der Waals surface area contributed by atoms with Gasteiger partial charge in [0.05, 0.1) is 0 Å². The summed E-state index contributed by atoms with van der Waals surface area (Å²) in [5.41, 5.74) is -0.0299. The first-order valence-corrected chi connectivity index (χ1v) is 10.7. The maximum atomic E-state index is 13.0. The van der Waals surface area contributed by atoms with Crippen LogP contribution in [0.25, 0.3) is 0 Å². The molecule has 0 aromatic carbocycles. The molecule has 2 aliphatic heterocycles. The number of nitrogens with zero attached hydrogens (tertiary/aromatic N) is 2. The molecule has 2 saturated heterocycles. The predicted molar refractivity (Wildman–Crippen MR) is 95.8 cm³/mol. The first-order valence-electron chi connectivity index (χ1n) is 10.7. The van der Waals surface area contributed by atoms with Crippen molar-refractivity contribution in [3.63, 3.8) is 0 Å². The number of amides is 2. The minimum absolute atomic E-state index is 0.0299. The van der Waals surface area contributed by atoms with Crippen LogP contribution < -0.4 is 0 Å². The van der Waals surface area contributed by atoms with Gasteiger partial charge in [0, 0.05) is 38.0 Å². The minimum Gasteiger partial charge on any atom is -0.339 e. The average Bonchev–Trinajstić information content (AvgIpc) is 3.39. The fourth-order valence-electron chi connectivity index (χ4n) is 6.85. The first kappa shape index (κ1) is 16.1. The molecule has 5 aliphatic rings. The van der Waals surface area contributed by atoms with Gasteiger partial charge in [-0.3, -0.25) is 9.59 Å². The van der Waals surface area contributed by atoms with Crippen molar-refractivity contribution in [2.75, 3.05) is 13.1 Å². The molecular weight excluding hydrogens is 312 g/mol. The van der Waals surface area contributed by atoms with Crippen LogP contribution in [0.2, 0.25) is 0 Å². The summed E-state index contributed by atoms with van der Waals surface area (Å²) in [6.45, 7) is 1.98. The zero-order valence-corrected chi connectivity index (χ0v) is 15.4. The van der Waals surface area contributed by atoms with Crippen LogP contribution in [0.5, 0.6) is 0 Å². The lowest BCUT2D eigenvalue weighted by Gasteiger charge is -2.35. The summed E-state index contributed by atoms with van der Waals surface area (Å²) in [7, 11) is 0. The lowest BCUT2D eigenvalue weighted by Crippen LogP contribution is -2.43. The fourth-order valence-corrected chi connectivity index (χ4v) is 6.85. The standard InChI is InChI=1S/C21H32N2O2/c24-19(22-13-15-3-5-17(22)9-15)11-21(7-1-2-8-21)12-20(25)23-14-16-4-6-18(23)10-16/h15-18H,1-14H2/t15-,16-,17-,18-/m0/s1. The van der Waals surface area contributed by atoms with Crippen LogP contribution in [0.15, 0.2) is 0 Å².